The molecule has 0 aliphatic carbocycles. The number of hydrogen-bond acceptors (Lipinski definition) is 4. The predicted molar refractivity (Wildman–Crippen MR) is 101 cm³/mol. The minimum absolute atomic E-state index is 0.115. The Balaban J connectivity index is 2.24. The molecule has 26 heavy (non-hydrogen) atoms. The maximum Gasteiger partial charge on any atom is 0.259 e. The van der Waals surface area contributed by atoms with Crippen LogP contribution in [0, 0.1) is 25.2 Å². The number of primary amides is 1. The highest BCUT2D eigenvalue weighted by molar-refractivity contribution is 6.00. The normalized spacial score (nSPS) is 10.9. The number of carbonyl (C=O) groups is 1. The van der Waals surface area contributed by atoms with Crippen LogP contribution in [0.5, 0.6) is 11.5 Å². The van der Waals surface area contributed by atoms with Crippen LogP contribution in [0.3, 0.4) is 0 Å². The lowest BCUT2D eigenvalue weighted by atomic mass is 10.1. The fourth-order valence-electron chi connectivity index (χ4n) is 2.38. The lowest BCUT2D eigenvalue weighted by molar-refractivity contribution is -0.114. The van der Waals surface area contributed by atoms with Crippen LogP contribution in [0.4, 0.5) is 0 Å². The molecule has 0 unspecified atom stereocenters. The monoisotopic (exact) mass is 350 g/mol. The molecule has 2 aromatic carbocycles. The summed E-state index contributed by atoms with van der Waals surface area (Å²) in [4.78, 5) is 11.2. The fraction of sp³-hybridized carbons (Fsp3) is 0.238. The predicted octanol–water partition coefficient (Wildman–Crippen LogP) is 3.67. The molecule has 0 spiro atoms. The average Bonchev–Trinajstić information content (AvgIpc) is 2.61. The van der Waals surface area contributed by atoms with Gasteiger partial charge in [0.05, 0.1) is 6.61 Å². The molecule has 2 N–H and O–H groups in total. The minimum atomic E-state index is -0.763. The van der Waals surface area contributed by atoms with Gasteiger partial charge >= 0.3 is 0 Å². The summed E-state index contributed by atoms with van der Waals surface area (Å²) < 4.78 is 11.5. The van der Waals surface area contributed by atoms with E-state index in [1.165, 1.54) is 17.2 Å². The highest BCUT2D eigenvalue weighted by atomic mass is 16.5. The van der Waals surface area contributed by atoms with Gasteiger partial charge in [0.2, 0.25) is 0 Å². The maximum absolute atomic E-state index is 11.2. The van der Waals surface area contributed by atoms with Crippen LogP contribution in [0.25, 0.3) is 6.08 Å². The molecule has 0 radical (unpaired) electrons. The van der Waals surface area contributed by atoms with Gasteiger partial charge in [-0.3, -0.25) is 4.79 Å². The summed E-state index contributed by atoms with van der Waals surface area (Å²) >= 11 is 0. The van der Waals surface area contributed by atoms with Gasteiger partial charge in [-0.2, -0.15) is 5.26 Å². The van der Waals surface area contributed by atoms with Gasteiger partial charge in [0.25, 0.3) is 5.91 Å². The number of nitrogens with two attached hydrogens (primary N) is 1. The van der Waals surface area contributed by atoms with Crippen LogP contribution in [0.2, 0.25) is 0 Å². The molecular weight excluding hydrogens is 328 g/mol. The van der Waals surface area contributed by atoms with E-state index < -0.39 is 5.91 Å². The summed E-state index contributed by atoms with van der Waals surface area (Å²) in [6, 6.07) is 13.2. The zero-order chi connectivity index (χ0) is 19.1. The first-order chi connectivity index (χ1) is 12.4. The SMILES string of the molecule is CCOc1cc(/C=C(\C#N)C(N)=O)ccc1OCc1ccc(C)c(C)c1. The van der Waals surface area contributed by atoms with Crippen LogP contribution in [0.1, 0.15) is 29.2 Å². The number of carbonyl (C=O) groups excluding carboxylic acids is 1. The summed E-state index contributed by atoms with van der Waals surface area (Å²) in [6.07, 6.45) is 1.43. The summed E-state index contributed by atoms with van der Waals surface area (Å²) in [5, 5.41) is 8.96. The Morgan fingerprint density at radius 2 is 1.88 bits per heavy atom. The summed E-state index contributed by atoms with van der Waals surface area (Å²) in [7, 11) is 0. The largest absolute Gasteiger partial charge is 0.490 e. The third-order valence-corrected chi connectivity index (χ3v) is 3.93. The number of hydrogen-bond donors (Lipinski definition) is 1. The number of rotatable bonds is 7. The topological polar surface area (TPSA) is 85.3 Å². The maximum atomic E-state index is 11.2. The summed E-state index contributed by atoms with van der Waals surface area (Å²) in [6.45, 7) is 6.90. The highest BCUT2D eigenvalue weighted by Gasteiger charge is 2.09. The van der Waals surface area contributed by atoms with Gasteiger partial charge in [0, 0.05) is 0 Å². The quantitative estimate of drug-likeness (QED) is 0.610. The van der Waals surface area contributed by atoms with E-state index in [2.05, 4.69) is 26.0 Å². The van der Waals surface area contributed by atoms with E-state index in [0.717, 1.165) is 5.56 Å². The van der Waals surface area contributed by atoms with E-state index in [1.54, 1.807) is 24.3 Å². The lowest BCUT2D eigenvalue weighted by Crippen LogP contribution is -2.12. The minimum Gasteiger partial charge on any atom is -0.490 e. The van der Waals surface area contributed by atoms with Gasteiger partial charge in [-0.25, -0.2) is 0 Å². The van der Waals surface area contributed by atoms with Crippen molar-refractivity contribution in [3.8, 4) is 17.6 Å². The average molecular weight is 350 g/mol. The van der Waals surface area contributed by atoms with Crippen LogP contribution in [-0.2, 0) is 11.4 Å². The number of benzene rings is 2. The van der Waals surface area contributed by atoms with Crippen molar-refractivity contribution in [3.63, 3.8) is 0 Å². The standard InChI is InChI=1S/C21H22N2O3/c1-4-25-20-11-16(10-18(12-22)21(23)24)7-8-19(20)26-13-17-6-5-14(2)15(3)9-17/h5-11H,4,13H2,1-3H3,(H2,23,24)/b18-10+. The van der Waals surface area contributed by atoms with Gasteiger partial charge in [-0.05, 0) is 61.2 Å². The van der Waals surface area contributed by atoms with E-state index in [0.29, 0.717) is 30.3 Å². The molecule has 0 aromatic heterocycles. The third-order valence-electron chi connectivity index (χ3n) is 3.93. The first-order valence-corrected chi connectivity index (χ1v) is 8.32. The van der Waals surface area contributed by atoms with E-state index in [1.807, 2.05) is 13.0 Å². The van der Waals surface area contributed by atoms with Crippen molar-refractivity contribution in [1.29, 1.82) is 5.26 Å². The molecule has 0 saturated carbocycles. The molecule has 5 nitrogen and oxygen atoms in total. The Kier molecular flexibility index (Phi) is 6.40. The Bertz CT molecular complexity index is 879. The highest BCUT2D eigenvalue weighted by Crippen LogP contribution is 2.30. The second-order valence-electron chi connectivity index (χ2n) is 5.88. The summed E-state index contributed by atoms with van der Waals surface area (Å²) in [5.41, 5.74) is 9.22. The van der Waals surface area contributed by atoms with Crippen LogP contribution in [0.15, 0.2) is 42.0 Å². The second-order valence-corrected chi connectivity index (χ2v) is 5.88. The Labute approximate surface area is 153 Å². The van der Waals surface area contributed by atoms with Gasteiger partial charge in [0.1, 0.15) is 18.2 Å². The number of ether oxygens (including phenoxy) is 2. The molecular formula is C21H22N2O3. The van der Waals surface area contributed by atoms with Gasteiger partial charge in [0.15, 0.2) is 11.5 Å². The smallest absolute Gasteiger partial charge is 0.259 e. The molecule has 0 bridgehead atoms. The Morgan fingerprint density at radius 3 is 2.50 bits per heavy atom. The van der Waals surface area contributed by atoms with Gasteiger partial charge in [-0.1, -0.05) is 24.3 Å². The zero-order valence-electron chi connectivity index (χ0n) is 15.2. The molecule has 0 saturated heterocycles. The molecule has 0 aliphatic heterocycles. The first-order valence-electron chi connectivity index (χ1n) is 8.32. The van der Waals surface area contributed by atoms with Crippen molar-refractivity contribution >= 4 is 12.0 Å². The molecule has 0 atom stereocenters. The molecule has 2 rings (SSSR count). The van der Waals surface area contributed by atoms with Gasteiger partial charge < -0.3 is 15.2 Å². The third kappa shape index (κ3) is 4.87. The number of amides is 1. The molecule has 5 heteroatoms. The van der Waals surface area contributed by atoms with Gasteiger partial charge in [-0.15, -0.1) is 0 Å². The van der Waals surface area contributed by atoms with E-state index in [-0.39, 0.29) is 5.57 Å². The lowest BCUT2D eigenvalue weighted by Gasteiger charge is -2.13. The molecule has 2 aromatic rings. The van der Waals surface area contributed by atoms with Crippen molar-refractivity contribution < 1.29 is 14.3 Å². The van der Waals surface area contributed by atoms with E-state index >= 15 is 0 Å². The van der Waals surface area contributed by atoms with Crippen LogP contribution < -0.4 is 15.2 Å². The zero-order valence-corrected chi connectivity index (χ0v) is 15.2. The van der Waals surface area contributed by atoms with Crippen LogP contribution >= 0.6 is 0 Å². The molecule has 1 amide bonds. The van der Waals surface area contributed by atoms with Crippen molar-refractivity contribution in [2.75, 3.05) is 6.61 Å². The molecule has 134 valence electrons. The van der Waals surface area contributed by atoms with E-state index in [4.69, 9.17) is 20.5 Å². The molecule has 0 heterocycles. The number of nitriles is 1. The Hall–Kier alpha value is -3.26. The van der Waals surface area contributed by atoms with Crippen molar-refractivity contribution in [2.45, 2.75) is 27.4 Å². The number of aryl methyl sites for hydroxylation is 2. The van der Waals surface area contributed by atoms with Crippen molar-refractivity contribution in [1.82, 2.24) is 0 Å². The van der Waals surface area contributed by atoms with E-state index in [9.17, 15) is 4.79 Å². The van der Waals surface area contributed by atoms with Crippen molar-refractivity contribution in [3.05, 3.63) is 64.2 Å². The molecule has 0 fully saturated rings. The molecule has 0 aliphatic rings. The van der Waals surface area contributed by atoms with Crippen LogP contribution in [-0.4, -0.2) is 12.5 Å². The summed E-state index contributed by atoms with van der Waals surface area (Å²) in [5.74, 6) is 0.382. The van der Waals surface area contributed by atoms with Crippen molar-refractivity contribution in [2.24, 2.45) is 5.73 Å². The Morgan fingerprint density at radius 1 is 1.12 bits per heavy atom. The number of nitrogens with zero attached hydrogens (tertiary/aromatic N) is 1. The first kappa shape index (κ1) is 19.1. The second kappa shape index (κ2) is 8.72. The fourth-order valence-corrected chi connectivity index (χ4v) is 2.38.